The van der Waals surface area contributed by atoms with E-state index in [1.165, 1.54) is 12.3 Å². The molecule has 3 rings (SSSR count). The molecule has 5 nitrogen and oxygen atoms in total. The Bertz CT molecular complexity index is 832. The molecule has 0 aliphatic heterocycles. The molecular formula is C13H7BrClN3O2. The van der Waals surface area contributed by atoms with Gasteiger partial charge >= 0.3 is 5.97 Å². The molecule has 20 heavy (non-hydrogen) atoms. The summed E-state index contributed by atoms with van der Waals surface area (Å²) in [4.78, 5) is 11.0. The van der Waals surface area contributed by atoms with E-state index < -0.39 is 5.97 Å². The van der Waals surface area contributed by atoms with Crippen LogP contribution < -0.4 is 0 Å². The van der Waals surface area contributed by atoms with E-state index >= 15 is 0 Å². The zero-order chi connectivity index (χ0) is 14.3. The molecule has 0 radical (unpaired) electrons. The molecule has 0 bridgehead atoms. The molecule has 1 aromatic carbocycles. The largest absolute Gasteiger partial charge is 0.478 e. The first-order valence-corrected chi connectivity index (χ1v) is 6.77. The fraction of sp³-hybridized carbons (Fsp3) is 0. The lowest BCUT2D eigenvalue weighted by molar-refractivity contribution is 0.0696. The summed E-state index contributed by atoms with van der Waals surface area (Å²) in [7, 11) is 0. The second-order valence-corrected chi connectivity index (χ2v) is 5.39. The van der Waals surface area contributed by atoms with E-state index in [1.54, 1.807) is 28.7 Å². The molecule has 1 N–H and O–H groups in total. The molecule has 3 aromatic rings. The van der Waals surface area contributed by atoms with Crippen molar-refractivity contribution in [3.8, 4) is 11.4 Å². The van der Waals surface area contributed by atoms with Gasteiger partial charge in [0.15, 0.2) is 11.5 Å². The molecular weight excluding hydrogens is 346 g/mol. The van der Waals surface area contributed by atoms with Crippen LogP contribution in [-0.4, -0.2) is 25.7 Å². The third-order valence-corrected chi connectivity index (χ3v) is 3.71. The summed E-state index contributed by atoms with van der Waals surface area (Å²) >= 11 is 9.33. The molecule has 0 amide bonds. The van der Waals surface area contributed by atoms with Gasteiger partial charge in [-0.2, -0.15) is 0 Å². The van der Waals surface area contributed by atoms with E-state index in [4.69, 9.17) is 16.7 Å². The number of fused-ring (bicyclic) bond motifs is 1. The predicted octanol–water partition coefficient (Wildman–Crippen LogP) is 3.51. The Labute approximate surface area is 127 Å². The molecule has 0 fully saturated rings. The Morgan fingerprint density at radius 1 is 1.25 bits per heavy atom. The number of pyridine rings is 1. The van der Waals surface area contributed by atoms with Crippen LogP contribution in [-0.2, 0) is 0 Å². The van der Waals surface area contributed by atoms with Gasteiger partial charge in [0.2, 0.25) is 0 Å². The lowest BCUT2D eigenvalue weighted by Crippen LogP contribution is -1.99. The van der Waals surface area contributed by atoms with Crippen LogP contribution >= 0.6 is 27.5 Å². The number of halogens is 2. The van der Waals surface area contributed by atoms with Crippen LogP contribution in [0.4, 0.5) is 0 Å². The number of hydrogen-bond donors (Lipinski definition) is 1. The number of carboxylic acids is 1. The molecule has 0 saturated carbocycles. The number of carboxylic acid groups (broad SMARTS) is 1. The van der Waals surface area contributed by atoms with Crippen molar-refractivity contribution in [1.82, 2.24) is 14.6 Å². The minimum Gasteiger partial charge on any atom is -0.478 e. The number of hydrogen-bond acceptors (Lipinski definition) is 3. The highest BCUT2D eigenvalue weighted by molar-refractivity contribution is 9.10. The van der Waals surface area contributed by atoms with E-state index in [0.29, 0.717) is 16.5 Å². The molecule has 0 spiro atoms. The Balaban J connectivity index is 2.25. The highest BCUT2D eigenvalue weighted by Crippen LogP contribution is 2.29. The molecule has 0 aliphatic rings. The fourth-order valence-corrected chi connectivity index (χ4v) is 2.73. The molecule has 0 aliphatic carbocycles. The molecule has 0 saturated heterocycles. The second-order valence-electron chi connectivity index (χ2n) is 4.10. The maximum absolute atomic E-state index is 11.0. The average molecular weight is 353 g/mol. The number of aromatic nitrogens is 3. The van der Waals surface area contributed by atoms with Crippen molar-refractivity contribution in [2.75, 3.05) is 0 Å². The lowest BCUT2D eigenvalue weighted by Gasteiger charge is -2.04. The third kappa shape index (κ3) is 2.17. The number of aromatic carboxylic acids is 1. The highest BCUT2D eigenvalue weighted by Gasteiger charge is 2.13. The van der Waals surface area contributed by atoms with E-state index in [0.717, 1.165) is 10.0 Å². The van der Waals surface area contributed by atoms with E-state index in [9.17, 15) is 4.79 Å². The lowest BCUT2D eigenvalue weighted by atomic mass is 10.2. The van der Waals surface area contributed by atoms with Gasteiger partial charge in [0.05, 0.1) is 5.56 Å². The number of benzene rings is 1. The quantitative estimate of drug-likeness (QED) is 0.766. The van der Waals surface area contributed by atoms with Crippen molar-refractivity contribution in [2.24, 2.45) is 0 Å². The first kappa shape index (κ1) is 13.1. The third-order valence-electron chi connectivity index (χ3n) is 2.82. The fourth-order valence-electron chi connectivity index (χ4n) is 1.87. The van der Waals surface area contributed by atoms with Gasteiger partial charge in [0.25, 0.3) is 0 Å². The smallest absolute Gasteiger partial charge is 0.337 e. The highest BCUT2D eigenvalue weighted by atomic mass is 79.9. The predicted molar refractivity (Wildman–Crippen MR) is 78.1 cm³/mol. The summed E-state index contributed by atoms with van der Waals surface area (Å²) in [6, 6.07) is 8.40. The molecule has 7 heteroatoms. The number of nitrogens with zero attached hydrogens (tertiary/aromatic N) is 3. The van der Waals surface area contributed by atoms with Crippen molar-refractivity contribution in [2.45, 2.75) is 0 Å². The van der Waals surface area contributed by atoms with Gasteiger partial charge in [-0.3, -0.25) is 4.40 Å². The molecule has 2 aromatic heterocycles. The summed E-state index contributed by atoms with van der Waals surface area (Å²) in [6.07, 6.45) is 1.49. The van der Waals surface area contributed by atoms with Crippen molar-refractivity contribution in [3.63, 3.8) is 0 Å². The van der Waals surface area contributed by atoms with Crippen molar-refractivity contribution < 1.29 is 9.90 Å². The number of carbonyl (C=O) groups is 1. The Kier molecular flexibility index (Phi) is 3.19. The van der Waals surface area contributed by atoms with E-state index in [2.05, 4.69) is 26.1 Å². The van der Waals surface area contributed by atoms with Gasteiger partial charge in [-0.05, 0) is 46.3 Å². The van der Waals surface area contributed by atoms with Crippen LogP contribution in [0.3, 0.4) is 0 Å². The summed E-state index contributed by atoms with van der Waals surface area (Å²) in [5.41, 5.74) is 1.53. The zero-order valence-electron chi connectivity index (χ0n) is 9.92. The zero-order valence-corrected chi connectivity index (χ0v) is 12.3. The SMILES string of the molecule is O=C(O)c1ccc2nnc(-c3ccc(Cl)cc3Br)n2c1. The normalized spacial score (nSPS) is 10.9. The van der Waals surface area contributed by atoms with Gasteiger partial charge in [-0.15, -0.1) is 10.2 Å². The molecule has 0 atom stereocenters. The van der Waals surface area contributed by atoms with Crippen LogP contribution in [0, 0.1) is 0 Å². The first-order chi connectivity index (χ1) is 9.56. The minimum absolute atomic E-state index is 0.170. The number of rotatable bonds is 2. The maximum atomic E-state index is 11.0. The summed E-state index contributed by atoms with van der Waals surface area (Å²) in [6.45, 7) is 0. The standard InChI is InChI=1S/C13H7BrClN3O2/c14-10-5-8(15)2-3-9(10)12-17-16-11-4-1-7(13(19)20)6-18(11)12/h1-6H,(H,19,20). The average Bonchev–Trinajstić information content (AvgIpc) is 2.81. The van der Waals surface area contributed by atoms with Crippen molar-refractivity contribution in [1.29, 1.82) is 0 Å². The van der Waals surface area contributed by atoms with Crippen LogP contribution in [0.15, 0.2) is 41.0 Å². The van der Waals surface area contributed by atoms with Crippen LogP contribution in [0.2, 0.25) is 5.02 Å². The van der Waals surface area contributed by atoms with Gasteiger partial charge in [-0.1, -0.05) is 11.6 Å². The first-order valence-electron chi connectivity index (χ1n) is 5.60. The Morgan fingerprint density at radius 3 is 2.75 bits per heavy atom. The second kappa shape index (κ2) is 4.88. The van der Waals surface area contributed by atoms with E-state index in [-0.39, 0.29) is 5.56 Å². The van der Waals surface area contributed by atoms with Crippen molar-refractivity contribution >= 4 is 39.1 Å². The van der Waals surface area contributed by atoms with Gasteiger partial charge in [-0.25, -0.2) is 4.79 Å². The van der Waals surface area contributed by atoms with Crippen LogP contribution in [0.5, 0.6) is 0 Å². The van der Waals surface area contributed by atoms with Gasteiger partial charge < -0.3 is 5.11 Å². The Hall–Kier alpha value is -1.92. The van der Waals surface area contributed by atoms with Crippen LogP contribution in [0.1, 0.15) is 10.4 Å². The summed E-state index contributed by atoms with van der Waals surface area (Å²) in [5.74, 6) is -0.451. The molecule has 100 valence electrons. The van der Waals surface area contributed by atoms with Crippen LogP contribution in [0.25, 0.3) is 17.0 Å². The topological polar surface area (TPSA) is 67.5 Å². The van der Waals surface area contributed by atoms with Gasteiger partial charge in [0, 0.05) is 21.3 Å². The van der Waals surface area contributed by atoms with Gasteiger partial charge in [0.1, 0.15) is 0 Å². The molecule has 0 unspecified atom stereocenters. The molecule has 2 heterocycles. The maximum Gasteiger partial charge on any atom is 0.337 e. The summed E-state index contributed by atoms with van der Waals surface area (Å²) < 4.78 is 2.40. The summed E-state index contributed by atoms with van der Waals surface area (Å²) in [5, 5.41) is 17.8. The monoisotopic (exact) mass is 351 g/mol. The van der Waals surface area contributed by atoms with Crippen molar-refractivity contribution in [3.05, 3.63) is 51.6 Å². The minimum atomic E-state index is -0.998. The van der Waals surface area contributed by atoms with E-state index in [1.807, 2.05) is 0 Å². The Morgan fingerprint density at radius 2 is 2.05 bits per heavy atom.